The van der Waals surface area contributed by atoms with Crippen molar-refractivity contribution < 1.29 is 27.8 Å². The van der Waals surface area contributed by atoms with Crippen LogP contribution in [0.3, 0.4) is 0 Å². The van der Waals surface area contributed by atoms with E-state index in [0.717, 1.165) is 22.4 Å². The molecule has 1 unspecified atom stereocenters. The molecule has 0 aliphatic carbocycles. The molecule has 0 aromatic heterocycles. The standard InChI is InChI=1S/C25H25F3N2O3.ClH/c1-16(22-8-4-6-17-5-2-3-7-23(17)22)29-14-21-15-30(9-10-33-21)20-12-18(24(31)32)11-19(13-20)25(26,27)28;/h2-8,11-13,16,21,29H,9-10,14-15H2,1H3,(H,31,32);1H/t16?,21-;/m0./s1. The number of ether oxygens (including phenoxy) is 1. The fourth-order valence-corrected chi connectivity index (χ4v) is 4.20. The molecule has 1 aliphatic rings. The van der Waals surface area contributed by atoms with Gasteiger partial charge >= 0.3 is 12.1 Å². The Balaban J connectivity index is 0.00000324. The van der Waals surface area contributed by atoms with E-state index in [1.165, 1.54) is 6.07 Å². The summed E-state index contributed by atoms with van der Waals surface area (Å²) in [6.45, 7) is 3.65. The van der Waals surface area contributed by atoms with Crippen molar-refractivity contribution >= 4 is 34.8 Å². The van der Waals surface area contributed by atoms with Crippen molar-refractivity contribution in [2.45, 2.75) is 25.2 Å². The number of carboxylic acid groups (broad SMARTS) is 1. The van der Waals surface area contributed by atoms with Crippen LogP contribution in [0.15, 0.2) is 60.7 Å². The first kappa shape index (κ1) is 25.8. The highest BCUT2D eigenvalue weighted by atomic mass is 35.5. The predicted octanol–water partition coefficient (Wildman–Crippen LogP) is 5.53. The lowest BCUT2D eigenvalue weighted by Gasteiger charge is -2.35. The molecule has 4 rings (SSSR count). The number of benzene rings is 3. The SMILES string of the molecule is CC(NC[C@H]1CN(c2cc(C(=O)O)cc(C(F)(F)F)c2)CCO1)c1cccc2ccccc12.Cl. The molecule has 1 aliphatic heterocycles. The van der Waals surface area contributed by atoms with E-state index >= 15 is 0 Å². The van der Waals surface area contributed by atoms with Crippen LogP contribution in [0.5, 0.6) is 0 Å². The van der Waals surface area contributed by atoms with Crippen LogP contribution in [-0.2, 0) is 10.9 Å². The summed E-state index contributed by atoms with van der Waals surface area (Å²) >= 11 is 0. The van der Waals surface area contributed by atoms with Crippen LogP contribution in [0.2, 0.25) is 0 Å². The van der Waals surface area contributed by atoms with E-state index in [2.05, 4.69) is 36.5 Å². The number of aromatic carboxylic acids is 1. The average molecular weight is 495 g/mol. The smallest absolute Gasteiger partial charge is 0.416 e. The molecule has 9 heteroatoms. The number of hydrogen-bond donors (Lipinski definition) is 2. The van der Waals surface area contributed by atoms with Crippen LogP contribution in [0.4, 0.5) is 18.9 Å². The van der Waals surface area contributed by atoms with Gasteiger partial charge in [-0.1, -0.05) is 42.5 Å². The molecular formula is C25H26ClF3N2O3. The van der Waals surface area contributed by atoms with Crippen LogP contribution in [0.25, 0.3) is 10.8 Å². The minimum atomic E-state index is -4.62. The summed E-state index contributed by atoms with van der Waals surface area (Å²) in [4.78, 5) is 13.1. The summed E-state index contributed by atoms with van der Waals surface area (Å²) in [5.41, 5.74) is 0.0380. The first-order valence-electron chi connectivity index (χ1n) is 10.8. The van der Waals surface area contributed by atoms with Gasteiger partial charge in [-0.25, -0.2) is 4.79 Å². The summed E-state index contributed by atoms with van der Waals surface area (Å²) in [5, 5.41) is 15.0. The Hall–Kier alpha value is -2.81. The van der Waals surface area contributed by atoms with E-state index in [1.54, 1.807) is 4.90 Å². The number of morpholine rings is 1. The lowest BCUT2D eigenvalue weighted by atomic mass is 9.99. The minimum absolute atomic E-state index is 0. The van der Waals surface area contributed by atoms with Gasteiger partial charge in [0.15, 0.2) is 0 Å². The molecule has 3 aromatic rings. The predicted molar refractivity (Wildman–Crippen MR) is 128 cm³/mol. The highest BCUT2D eigenvalue weighted by Crippen LogP contribution is 2.33. The topological polar surface area (TPSA) is 61.8 Å². The normalized spacial score (nSPS) is 17.3. The number of nitrogens with zero attached hydrogens (tertiary/aromatic N) is 1. The molecule has 34 heavy (non-hydrogen) atoms. The Bertz CT molecular complexity index is 1150. The number of rotatable bonds is 6. The summed E-state index contributed by atoms with van der Waals surface area (Å²) in [5.74, 6) is -1.39. The van der Waals surface area contributed by atoms with E-state index < -0.39 is 17.7 Å². The van der Waals surface area contributed by atoms with Crippen LogP contribution in [0.1, 0.15) is 34.5 Å². The van der Waals surface area contributed by atoms with E-state index in [0.29, 0.717) is 32.3 Å². The van der Waals surface area contributed by atoms with Crippen LogP contribution >= 0.6 is 12.4 Å². The fraction of sp³-hybridized carbons (Fsp3) is 0.320. The first-order valence-corrected chi connectivity index (χ1v) is 10.8. The molecule has 2 atom stereocenters. The largest absolute Gasteiger partial charge is 0.478 e. The lowest BCUT2D eigenvalue weighted by molar-refractivity contribution is -0.137. The quantitative estimate of drug-likeness (QED) is 0.471. The highest BCUT2D eigenvalue weighted by Gasteiger charge is 2.33. The molecule has 182 valence electrons. The Labute approximate surface area is 201 Å². The van der Waals surface area contributed by atoms with Crippen molar-refractivity contribution in [3.8, 4) is 0 Å². The molecule has 0 bridgehead atoms. The number of nitrogens with one attached hydrogen (secondary N) is 1. The van der Waals surface area contributed by atoms with E-state index in [-0.39, 0.29) is 35.8 Å². The van der Waals surface area contributed by atoms with Gasteiger partial charge in [0.1, 0.15) is 0 Å². The molecule has 1 fully saturated rings. The maximum atomic E-state index is 13.3. The number of hydrogen-bond acceptors (Lipinski definition) is 4. The van der Waals surface area contributed by atoms with Gasteiger partial charge in [-0.05, 0) is 41.5 Å². The summed E-state index contributed by atoms with van der Waals surface area (Å²) < 4.78 is 45.7. The maximum absolute atomic E-state index is 13.3. The van der Waals surface area contributed by atoms with E-state index in [1.807, 2.05) is 18.2 Å². The zero-order chi connectivity index (χ0) is 23.6. The Kier molecular flexibility index (Phi) is 8.07. The summed E-state index contributed by atoms with van der Waals surface area (Å²) in [6.07, 6.45) is -4.87. The second-order valence-electron chi connectivity index (χ2n) is 8.21. The average Bonchev–Trinajstić information content (AvgIpc) is 2.81. The summed E-state index contributed by atoms with van der Waals surface area (Å²) in [6, 6.07) is 17.3. The lowest BCUT2D eigenvalue weighted by Crippen LogP contribution is -2.47. The third-order valence-electron chi connectivity index (χ3n) is 5.94. The molecule has 1 saturated heterocycles. The van der Waals surface area contributed by atoms with Gasteiger partial charge in [-0.3, -0.25) is 0 Å². The molecule has 0 spiro atoms. The number of anilines is 1. The molecule has 0 radical (unpaired) electrons. The number of carboxylic acids is 1. The minimum Gasteiger partial charge on any atom is -0.478 e. The first-order chi connectivity index (χ1) is 15.7. The van der Waals surface area contributed by atoms with Gasteiger partial charge in [-0.2, -0.15) is 13.2 Å². The molecule has 1 heterocycles. The van der Waals surface area contributed by atoms with Crippen molar-refractivity contribution in [1.82, 2.24) is 5.32 Å². The molecule has 5 nitrogen and oxygen atoms in total. The second-order valence-corrected chi connectivity index (χ2v) is 8.21. The van der Waals surface area contributed by atoms with Gasteiger partial charge in [0.2, 0.25) is 0 Å². The zero-order valence-electron chi connectivity index (χ0n) is 18.5. The zero-order valence-corrected chi connectivity index (χ0v) is 19.3. The van der Waals surface area contributed by atoms with Gasteiger partial charge in [0, 0.05) is 31.4 Å². The van der Waals surface area contributed by atoms with Crippen molar-refractivity contribution in [1.29, 1.82) is 0 Å². The van der Waals surface area contributed by atoms with Crippen LogP contribution in [-0.4, -0.2) is 43.4 Å². The second kappa shape index (κ2) is 10.6. The Morgan fingerprint density at radius 1 is 1.18 bits per heavy atom. The number of fused-ring (bicyclic) bond motifs is 1. The molecule has 3 aromatic carbocycles. The molecular weight excluding hydrogens is 469 g/mol. The van der Waals surface area contributed by atoms with E-state index in [9.17, 15) is 23.1 Å². The fourth-order valence-electron chi connectivity index (χ4n) is 4.20. The number of halogens is 4. The van der Waals surface area contributed by atoms with Crippen LogP contribution in [0, 0.1) is 0 Å². The van der Waals surface area contributed by atoms with Gasteiger partial charge in [-0.15, -0.1) is 12.4 Å². The van der Waals surface area contributed by atoms with Crippen LogP contribution < -0.4 is 10.2 Å². The molecule has 2 N–H and O–H groups in total. The van der Waals surface area contributed by atoms with E-state index in [4.69, 9.17) is 4.74 Å². The number of alkyl halides is 3. The van der Waals surface area contributed by atoms with Gasteiger partial charge in [0.05, 0.1) is 23.8 Å². The monoisotopic (exact) mass is 494 g/mol. The summed E-state index contributed by atoms with van der Waals surface area (Å²) in [7, 11) is 0. The maximum Gasteiger partial charge on any atom is 0.416 e. The van der Waals surface area contributed by atoms with Crippen molar-refractivity contribution in [3.05, 3.63) is 77.4 Å². The van der Waals surface area contributed by atoms with Crippen molar-refractivity contribution in [2.75, 3.05) is 31.1 Å². The number of carbonyl (C=O) groups is 1. The third-order valence-corrected chi connectivity index (χ3v) is 5.94. The van der Waals surface area contributed by atoms with Gasteiger partial charge in [0.25, 0.3) is 0 Å². The molecule has 0 saturated carbocycles. The Morgan fingerprint density at radius 3 is 2.65 bits per heavy atom. The molecule has 0 amide bonds. The van der Waals surface area contributed by atoms with Crippen molar-refractivity contribution in [3.63, 3.8) is 0 Å². The highest BCUT2D eigenvalue weighted by molar-refractivity contribution is 5.89. The Morgan fingerprint density at radius 2 is 1.91 bits per heavy atom. The third kappa shape index (κ3) is 5.81. The van der Waals surface area contributed by atoms with Gasteiger partial charge < -0.3 is 20.1 Å². The van der Waals surface area contributed by atoms with Crippen molar-refractivity contribution in [2.24, 2.45) is 0 Å².